The average Bonchev–Trinajstić information content (AvgIpc) is 2.38. The van der Waals surface area contributed by atoms with Gasteiger partial charge in [0, 0.05) is 19.8 Å². The SMILES string of the molecule is CC(C)OCCN(C)C(=O)Nc1cncc(C(=O)O)c1. The van der Waals surface area contributed by atoms with E-state index in [2.05, 4.69) is 10.3 Å². The third kappa shape index (κ3) is 5.23. The number of carbonyl (C=O) groups is 2. The number of likely N-dealkylation sites (N-methyl/N-ethyl adjacent to an activating group) is 1. The van der Waals surface area contributed by atoms with Crippen LogP contribution in [0.2, 0.25) is 0 Å². The Hall–Kier alpha value is -2.15. The van der Waals surface area contributed by atoms with E-state index in [0.717, 1.165) is 0 Å². The predicted molar refractivity (Wildman–Crippen MR) is 73.9 cm³/mol. The zero-order chi connectivity index (χ0) is 15.1. The van der Waals surface area contributed by atoms with Crippen LogP contribution in [-0.4, -0.2) is 53.3 Å². The highest BCUT2D eigenvalue weighted by molar-refractivity contribution is 5.92. The van der Waals surface area contributed by atoms with Gasteiger partial charge in [-0.1, -0.05) is 0 Å². The van der Waals surface area contributed by atoms with Gasteiger partial charge in [-0.05, 0) is 19.9 Å². The summed E-state index contributed by atoms with van der Waals surface area (Å²) < 4.78 is 5.35. The fraction of sp³-hybridized carbons (Fsp3) is 0.462. The maximum atomic E-state index is 11.9. The molecule has 1 aromatic heterocycles. The number of hydrogen-bond acceptors (Lipinski definition) is 4. The van der Waals surface area contributed by atoms with Crippen LogP contribution in [0.4, 0.5) is 10.5 Å². The second-order valence-corrected chi connectivity index (χ2v) is 4.54. The first kappa shape index (κ1) is 15.9. The number of carbonyl (C=O) groups excluding carboxylic acids is 1. The van der Waals surface area contributed by atoms with Gasteiger partial charge < -0.3 is 20.1 Å². The smallest absolute Gasteiger partial charge is 0.337 e. The molecule has 1 aromatic rings. The van der Waals surface area contributed by atoms with Gasteiger partial charge in [0.2, 0.25) is 0 Å². The van der Waals surface area contributed by atoms with Gasteiger partial charge in [-0.3, -0.25) is 4.98 Å². The van der Waals surface area contributed by atoms with Crippen molar-refractivity contribution in [3.63, 3.8) is 0 Å². The minimum atomic E-state index is -1.09. The quantitative estimate of drug-likeness (QED) is 0.827. The number of aromatic nitrogens is 1. The summed E-state index contributed by atoms with van der Waals surface area (Å²) in [5.41, 5.74) is 0.361. The molecular weight excluding hydrogens is 262 g/mol. The number of nitrogens with zero attached hydrogens (tertiary/aromatic N) is 2. The summed E-state index contributed by atoms with van der Waals surface area (Å²) in [6, 6.07) is 1.01. The van der Waals surface area contributed by atoms with Crippen molar-refractivity contribution in [3.05, 3.63) is 24.0 Å². The number of pyridine rings is 1. The van der Waals surface area contributed by atoms with E-state index in [-0.39, 0.29) is 17.7 Å². The number of hydrogen-bond donors (Lipinski definition) is 2. The molecule has 7 nitrogen and oxygen atoms in total. The molecule has 0 fully saturated rings. The molecular formula is C13H19N3O4. The van der Waals surface area contributed by atoms with Crippen molar-refractivity contribution in [2.45, 2.75) is 20.0 Å². The monoisotopic (exact) mass is 281 g/mol. The van der Waals surface area contributed by atoms with Gasteiger partial charge in [0.05, 0.1) is 30.2 Å². The number of urea groups is 1. The molecule has 0 spiro atoms. The highest BCUT2D eigenvalue weighted by Gasteiger charge is 2.10. The van der Waals surface area contributed by atoms with Crippen molar-refractivity contribution in [2.24, 2.45) is 0 Å². The van der Waals surface area contributed by atoms with E-state index in [0.29, 0.717) is 18.8 Å². The fourth-order valence-corrected chi connectivity index (χ4v) is 1.37. The van der Waals surface area contributed by atoms with Gasteiger partial charge in [-0.2, -0.15) is 0 Å². The van der Waals surface area contributed by atoms with E-state index in [4.69, 9.17) is 9.84 Å². The number of carboxylic acids is 1. The summed E-state index contributed by atoms with van der Waals surface area (Å²) in [5, 5.41) is 11.4. The van der Waals surface area contributed by atoms with E-state index in [1.807, 2.05) is 13.8 Å². The number of aromatic carboxylic acids is 1. The van der Waals surface area contributed by atoms with Crippen molar-refractivity contribution in [3.8, 4) is 0 Å². The molecule has 0 atom stereocenters. The largest absolute Gasteiger partial charge is 0.478 e. The molecule has 0 aliphatic carbocycles. The van der Waals surface area contributed by atoms with Crippen molar-refractivity contribution in [1.29, 1.82) is 0 Å². The zero-order valence-corrected chi connectivity index (χ0v) is 11.8. The summed E-state index contributed by atoms with van der Waals surface area (Å²) in [7, 11) is 1.63. The molecule has 0 radical (unpaired) electrons. The molecule has 7 heteroatoms. The summed E-state index contributed by atoms with van der Waals surface area (Å²) in [6.07, 6.45) is 2.73. The van der Waals surface area contributed by atoms with E-state index in [9.17, 15) is 9.59 Å². The van der Waals surface area contributed by atoms with Gasteiger partial charge in [-0.25, -0.2) is 9.59 Å². The van der Waals surface area contributed by atoms with Crippen molar-refractivity contribution >= 4 is 17.7 Å². The molecule has 20 heavy (non-hydrogen) atoms. The lowest BCUT2D eigenvalue weighted by Crippen LogP contribution is -2.34. The fourth-order valence-electron chi connectivity index (χ4n) is 1.37. The lowest BCUT2D eigenvalue weighted by molar-refractivity contribution is 0.0690. The summed E-state index contributed by atoms with van der Waals surface area (Å²) >= 11 is 0. The zero-order valence-electron chi connectivity index (χ0n) is 11.8. The number of rotatable bonds is 6. The summed E-state index contributed by atoms with van der Waals surface area (Å²) in [4.78, 5) is 27.9. The molecule has 110 valence electrons. The Labute approximate surface area is 117 Å². The molecule has 1 heterocycles. The number of nitrogens with one attached hydrogen (secondary N) is 1. The highest BCUT2D eigenvalue weighted by atomic mass is 16.5. The number of ether oxygens (including phenoxy) is 1. The second-order valence-electron chi connectivity index (χ2n) is 4.54. The maximum absolute atomic E-state index is 11.9. The summed E-state index contributed by atoms with van der Waals surface area (Å²) in [5.74, 6) is -1.09. The molecule has 0 aromatic carbocycles. The second kappa shape index (κ2) is 7.44. The van der Waals surface area contributed by atoms with Crippen LogP contribution >= 0.6 is 0 Å². The Morgan fingerprint density at radius 2 is 2.15 bits per heavy atom. The maximum Gasteiger partial charge on any atom is 0.337 e. The summed E-state index contributed by atoms with van der Waals surface area (Å²) in [6.45, 7) is 4.72. The predicted octanol–water partition coefficient (Wildman–Crippen LogP) is 1.67. The minimum absolute atomic E-state index is 0.0218. The van der Waals surface area contributed by atoms with Crippen molar-refractivity contribution in [1.82, 2.24) is 9.88 Å². The molecule has 0 saturated heterocycles. The van der Waals surface area contributed by atoms with Gasteiger partial charge in [-0.15, -0.1) is 0 Å². The third-order valence-electron chi connectivity index (χ3n) is 2.46. The molecule has 0 bridgehead atoms. The molecule has 0 saturated carbocycles. The van der Waals surface area contributed by atoms with Crippen LogP contribution in [-0.2, 0) is 4.74 Å². The van der Waals surface area contributed by atoms with Crippen molar-refractivity contribution in [2.75, 3.05) is 25.5 Å². The lowest BCUT2D eigenvalue weighted by atomic mass is 10.2. The van der Waals surface area contributed by atoms with Crippen LogP contribution in [0.5, 0.6) is 0 Å². The molecule has 1 rings (SSSR count). The van der Waals surface area contributed by atoms with Crippen LogP contribution < -0.4 is 5.32 Å². The third-order valence-corrected chi connectivity index (χ3v) is 2.46. The Bertz CT molecular complexity index is 476. The number of anilines is 1. The molecule has 2 N–H and O–H groups in total. The number of carboxylic acid groups (broad SMARTS) is 1. The van der Waals surface area contributed by atoms with Gasteiger partial charge >= 0.3 is 12.0 Å². The van der Waals surface area contributed by atoms with Crippen LogP contribution in [0, 0.1) is 0 Å². The Kier molecular flexibility index (Phi) is 5.92. The van der Waals surface area contributed by atoms with Gasteiger partial charge in [0.15, 0.2) is 0 Å². The van der Waals surface area contributed by atoms with E-state index in [1.165, 1.54) is 23.4 Å². The van der Waals surface area contributed by atoms with Crippen LogP contribution in [0.15, 0.2) is 18.5 Å². The lowest BCUT2D eigenvalue weighted by Gasteiger charge is -2.18. The van der Waals surface area contributed by atoms with E-state index < -0.39 is 5.97 Å². The van der Waals surface area contributed by atoms with Crippen LogP contribution in [0.25, 0.3) is 0 Å². The average molecular weight is 281 g/mol. The van der Waals surface area contributed by atoms with Crippen LogP contribution in [0.1, 0.15) is 24.2 Å². The first-order valence-corrected chi connectivity index (χ1v) is 6.22. The standard InChI is InChI=1S/C13H19N3O4/c1-9(2)20-5-4-16(3)13(19)15-11-6-10(12(17)18)7-14-8-11/h6-9H,4-5H2,1-3H3,(H,15,19)(H,17,18). The normalized spacial score (nSPS) is 10.4. The Morgan fingerprint density at radius 1 is 1.45 bits per heavy atom. The first-order valence-electron chi connectivity index (χ1n) is 6.22. The van der Waals surface area contributed by atoms with Gasteiger partial charge in [0.25, 0.3) is 0 Å². The number of amides is 2. The van der Waals surface area contributed by atoms with Gasteiger partial charge in [0.1, 0.15) is 0 Å². The molecule has 0 aliphatic rings. The topological polar surface area (TPSA) is 91.8 Å². The minimum Gasteiger partial charge on any atom is -0.478 e. The first-order chi connectivity index (χ1) is 9.40. The highest BCUT2D eigenvalue weighted by Crippen LogP contribution is 2.09. The Morgan fingerprint density at radius 3 is 2.75 bits per heavy atom. The van der Waals surface area contributed by atoms with Crippen molar-refractivity contribution < 1.29 is 19.4 Å². The van der Waals surface area contributed by atoms with E-state index in [1.54, 1.807) is 7.05 Å². The Balaban J connectivity index is 2.52. The van der Waals surface area contributed by atoms with Crippen LogP contribution in [0.3, 0.4) is 0 Å². The molecule has 0 aliphatic heterocycles. The molecule has 0 unspecified atom stereocenters. The van der Waals surface area contributed by atoms with E-state index >= 15 is 0 Å². The molecule has 2 amide bonds.